The summed E-state index contributed by atoms with van der Waals surface area (Å²) in [5.74, 6) is 6.49. The molecule has 8 heteroatoms. The predicted octanol–water partition coefficient (Wildman–Crippen LogP) is 10.1. The fourth-order valence-electron chi connectivity index (χ4n) is 12.1. The smallest absolute Gasteiger partial charge is 0.207 e. The molecule has 0 radical (unpaired) electrons. The lowest BCUT2D eigenvalue weighted by Crippen LogP contribution is -2.63. The van der Waals surface area contributed by atoms with Crippen LogP contribution in [0, 0.1) is 47.3 Å². The molecule has 290 valence electrons. The Bertz CT molecular complexity index is 1800. The van der Waals surface area contributed by atoms with Crippen LogP contribution in [0.5, 0.6) is 11.5 Å². The minimum atomic E-state index is -0.567. The minimum absolute atomic E-state index is 0.348. The standard InChI is InChI=1S/C47H54O8/c1-5-41(51-43-14-9-36(10-15-43)30(4)45-27-49-47(55-53-45)39-22-33-17-34(24-39)25-40(47)23-33)11-6-28(2)50-42-12-7-35(8-13-42)29(3)44-26-48-46(54-52-44)37-18-31-16-32(20-37)21-38(46)19-31/h5-15,31-34,37-40,44-45H,2-4,16-27H2,1H3/b11-6-,41-5+. The quantitative estimate of drug-likeness (QED) is 0.135. The average Bonchev–Trinajstić information content (AvgIpc) is 3.20. The summed E-state index contributed by atoms with van der Waals surface area (Å²) < 4.78 is 25.3. The first-order valence-electron chi connectivity index (χ1n) is 20.7. The second-order valence-corrected chi connectivity index (χ2v) is 17.8. The highest BCUT2D eigenvalue weighted by molar-refractivity contribution is 5.68. The molecule has 2 aliphatic heterocycles. The normalized spacial score (nSPS) is 39.9. The molecule has 2 heterocycles. The van der Waals surface area contributed by atoms with E-state index >= 15 is 0 Å². The minimum Gasteiger partial charge on any atom is -0.458 e. The van der Waals surface area contributed by atoms with E-state index in [9.17, 15) is 0 Å². The van der Waals surface area contributed by atoms with E-state index in [1.54, 1.807) is 6.08 Å². The lowest BCUT2D eigenvalue weighted by atomic mass is 9.53. The molecule has 2 unspecified atom stereocenters. The molecule has 2 atom stereocenters. The van der Waals surface area contributed by atoms with E-state index in [1.807, 2.05) is 67.6 Å². The number of allylic oxidation sites excluding steroid dienone is 3. The maximum atomic E-state index is 6.56. The van der Waals surface area contributed by atoms with Gasteiger partial charge in [-0.15, -0.1) is 0 Å². The van der Waals surface area contributed by atoms with E-state index in [4.69, 9.17) is 38.5 Å². The van der Waals surface area contributed by atoms with Crippen LogP contribution in [0.2, 0.25) is 0 Å². The molecule has 12 rings (SSSR count). The highest BCUT2D eigenvalue weighted by atomic mass is 17.2. The van der Waals surface area contributed by atoms with Crippen LogP contribution in [-0.2, 0) is 29.0 Å². The highest BCUT2D eigenvalue weighted by Crippen LogP contribution is 2.62. The van der Waals surface area contributed by atoms with Gasteiger partial charge in [0.15, 0.2) is 0 Å². The summed E-state index contributed by atoms with van der Waals surface area (Å²) in [4.78, 5) is 24.4. The highest BCUT2D eigenvalue weighted by Gasteiger charge is 2.63. The van der Waals surface area contributed by atoms with Gasteiger partial charge in [-0.05, 0) is 160 Å². The molecule has 55 heavy (non-hydrogen) atoms. The van der Waals surface area contributed by atoms with Crippen LogP contribution in [-0.4, -0.2) is 37.0 Å². The summed E-state index contributed by atoms with van der Waals surface area (Å²) in [5, 5.41) is 0. The van der Waals surface area contributed by atoms with E-state index in [0.29, 0.717) is 59.9 Å². The molecule has 8 bridgehead atoms. The lowest BCUT2D eigenvalue weighted by Gasteiger charge is -2.60. The molecule has 2 aromatic carbocycles. The first-order valence-corrected chi connectivity index (χ1v) is 20.7. The maximum absolute atomic E-state index is 6.56. The Balaban J connectivity index is 0.686. The molecule has 10 fully saturated rings. The maximum Gasteiger partial charge on any atom is 0.207 e. The van der Waals surface area contributed by atoms with Crippen molar-refractivity contribution >= 4 is 11.1 Å². The molecule has 0 N–H and O–H groups in total. The molecular weight excluding hydrogens is 693 g/mol. The summed E-state index contributed by atoms with van der Waals surface area (Å²) in [6.45, 7) is 15.6. The van der Waals surface area contributed by atoms with E-state index in [0.717, 1.165) is 45.9 Å². The van der Waals surface area contributed by atoms with Gasteiger partial charge in [0.2, 0.25) is 11.6 Å². The zero-order valence-corrected chi connectivity index (χ0v) is 32.0. The Morgan fingerprint density at radius 2 is 0.964 bits per heavy atom. The van der Waals surface area contributed by atoms with Crippen LogP contribution in [0.3, 0.4) is 0 Å². The van der Waals surface area contributed by atoms with Crippen LogP contribution < -0.4 is 9.47 Å². The third-order valence-electron chi connectivity index (χ3n) is 14.5. The number of rotatable bonds is 10. The molecule has 8 aliphatic carbocycles. The second kappa shape index (κ2) is 14.2. The first-order chi connectivity index (χ1) is 26.8. The zero-order valence-electron chi connectivity index (χ0n) is 32.0. The van der Waals surface area contributed by atoms with E-state index in [-0.39, 0.29) is 12.2 Å². The van der Waals surface area contributed by atoms with Gasteiger partial charge in [0, 0.05) is 23.7 Å². The molecule has 0 amide bonds. The van der Waals surface area contributed by atoms with Crippen molar-refractivity contribution in [3.8, 4) is 11.5 Å². The van der Waals surface area contributed by atoms with Crippen molar-refractivity contribution in [1.82, 2.24) is 0 Å². The van der Waals surface area contributed by atoms with E-state index in [1.165, 1.54) is 64.2 Å². The number of ether oxygens (including phenoxy) is 4. The van der Waals surface area contributed by atoms with Crippen molar-refractivity contribution in [2.75, 3.05) is 13.2 Å². The Hall–Kier alpha value is -3.50. The molecule has 8 nitrogen and oxygen atoms in total. The summed E-state index contributed by atoms with van der Waals surface area (Å²) in [6, 6.07) is 15.6. The van der Waals surface area contributed by atoms with Crippen LogP contribution >= 0.6 is 0 Å². The summed E-state index contributed by atoms with van der Waals surface area (Å²) in [5.41, 5.74) is 3.56. The van der Waals surface area contributed by atoms with E-state index in [2.05, 4.69) is 19.7 Å². The number of hydrogen-bond donors (Lipinski definition) is 0. The van der Waals surface area contributed by atoms with Gasteiger partial charge >= 0.3 is 0 Å². The predicted molar refractivity (Wildman–Crippen MR) is 208 cm³/mol. The summed E-state index contributed by atoms with van der Waals surface area (Å²) in [7, 11) is 0. The van der Waals surface area contributed by atoms with Crippen molar-refractivity contribution in [2.24, 2.45) is 47.3 Å². The van der Waals surface area contributed by atoms with Gasteiger partial charge in [-0.2, -0.15) is 9.78 Å². The third kappa shape index (κ3) is 6.47. The largest absolute Gasteiger partial charge is 0.458 e. The monoisotopic (exact) mass is 746 g/mol. The summed E-state index contributed by atoms with van der Waals surface area (Å²) >= 11 is 0. The van der Waals surface area contributed by atoms with Crippen molar-refractivity contribution in [3.63, 3.8) is 0 Å². The van der Waals surface area contributed by atoms with Crippen molar-refractivity contribution in [3.05, 3.63) is 109 Å². The summed E-state index contributed by atoms with van der Waals surface area (Å²) in [6.07, 6.45) is 17.2. The fourth-order valence-corrected chi connectivity index (χ4v) is 12.1. The van der Waals surface area contributed by atoms with Crippen LogP contribution in [0.15, 0.2) is 98.0 Å². The second-order valence-electron chi connectivity index (χ2n) is 17.8. The van der Waals surface area contributed by atoms with Gasteiger partial charge in [0.25, 0.3) is 0 Å². The third-order valence-corrected chi connectivity index (χ3v) is 14.5. The van der Waals surface area contributed by atoms with Crippen LogP contribution in [0.25, 0.3) is 11.1 Å². The van der Waals surface area contributed by atoms with Gasteiger partial charge in [-0.25, -0.2) is 9.78 Å². The van der Waals surface area contributed by atoms with Crippen molar-refractivity contribution in [2.45, 2.75) is 94.9 Å². The van der Waals surface area contributed by atoms with Gasteiger partial charge in [-0.1, -0.05) is 44.0 Å². The topological polar surface area (TPSA) is 73.8 Å². The SMILES string of the molecule is C=C(/C=C\C(=C/C)Oc1ccc(C(=C)C2COC3(OO2)C2CC4CC(C2)CC3C4)cc1)Oc1ccc(C(=C)C2COC3(OO2)C2CC4CC(C2)CC3C4)cc1. The Labute approximate surface area is 325 Å². The van der Waals surface area contributed by atoms with Crippen molar-refractivity contribution < 1.29 is 38.5 Å². The average molecular weight is 747 g/mol. The molecule has 2 aromatic rings. The molecule has 2 saturated heterocycles. The van der Waals surface area contributed by atoms with Crippen molar-refractivity contribution in [1.29, 1.82) is 0 Å². The van der Waals surface area contributed by atoms with E-state index < -0.39 is 11.6 Å². The lowest BCUT2D eigenvalue weighted by molar-refractivity contribution is -0.517. The zero-order chi connectivity index (χ0) is 37.3. The Morgan fingerprint density at radius 1 is 0.564 bits per heavy atom. The Kier molecular flexibility index (Phi) is 9.23. The Morgan fingerprint density at radius 3 is 1.33 bits per heavy atom. The molecule has 2 spiro atoms. The van der Waals surface area contributed by atoms with Gasteiger partial charge in [0.05, 0.1) is 13.2 Å². The number of benzene rings is 2. The van der Waals surface area contributed by atoms with Crippen LogP contribution in [0.1, 0.15) is 82.3 Å². The van der Waals surface area contributed by atoms with Gasteiger partial charge in [0.1, 0.15) is 35.2 Å². The fraction of sp³-hybridized carbons (Fsp3) is 0.532. The van der Waals surface area contributed by atoms with Crippen LogP contribution in [0.4, 0.5) is 0 Å². The molecule has 8 saturated carbocycles. The molecule has 10 aliphatic rings. The molecule has 0 aromatic heterocycles. The first kappa shape index (κ1) is 35.9. The van der Waals surface area contributed by atoms with Gasteiger partial charge < -0.3 is 18.9 Å². The number of hydrogen-bond acceptors (Lipinski definition) is 8. The molecular formula is C47H54O8. The van der Waals surface area contributed by atoms with Gasteiger partial charge in [-0.3, -0.25) is 0 Å².